The Hall–Kier alpha value is -3.80. The maximum absolute atomic E-state index is 13.0. The fraction of sp³-hybridized carbons (Fsp3) is 0.200. The molecule has 0 aliphatic carbocycles. The zero-order valence-corrected chi connectivity index (χ0v) is 18.1. The van der Waals surface area contributed by atoms with Gasteiger partial charge in [-0.1, -0.05) is 18.2 Å². The van der Waals surface area contributed by atoms with E-state index in [1.807, 2.05) is 39.0 Å². The number of rotatable bonds is 7. The van der Waals surface area contributed by atoms with Crippen LogP contribution in [-0.4, -0.2) is 18.9 Å². The van der Waals surface area contributed by atoms with Gasteiger partial charge in [0, 0.05) is 11.6 Å². The molecule has 0 aliphatic heterocycles. The smallest absolute Gasteiger partial charge is 0.268 e. The molecule has 0 saturated carbocycles. The maximum Gasteiger partial charge on any atom is 0.268 e. The van der Waals surface area contributed by atoms with Gasteiger partial charge in [0.1, 0.15) is 17.2 Å². The molecule has 2 aromatic carbocycles. The lowest BCUT2D eigenvalue weighted by Crippen LogP contribution is -2.36. The molecule has 0 radical (unpaired) electrons. The minimum absolute atomic E-state index is 0.0893. The van der Waals surface area contributed by atoms with Gasteiger partial charge in [-0.05, 0) is 73.9 Å². The average molecular weight is 418 g/mol. The Labute approximate surface area is 181 Å². The Morgan fingerprint density at radius 2 is 1.77 bits per heavy atom. The topological polar surface area (TPSA) is 80.6 Å². The van der Waals surface area contributed by atoms with Crippen LogP contribution in [0, 0.1) is 13.8 Å². The van der Waals surface area contributed by atoms with Crippen molar-refractivity contribution in [1.82, 2.24) is 10.6 Å². The number of hydrogen-bond acceptors (Lipinski definition) is 4. The number of hydrogen-bond donors (Lipinski definition) is 2. The van der Waals surface area contributed by atoms with Gasteiger partial charge in [0.05, 0.1) is 19.4 Å². The van der Waals surface area contributed by atoms with Crippen LogP contribution in [0.5, 0.6) is 5.75 Å². The second-order valence-corrected chi connectivity index (χ2v) is 7.29. The lowest BCUT2D eigenvalue weighted by atomic mass is 10.0. The molecule has 0 saturated heterocycles. The first-order chi connectivity index (χ1) is 14.9. The molecule has 1 atom stereocenters. The molecule has 1 aromatic heterocycles. The lowest BCUT2D eigenvalue weighted by molar-refractivity contribution is -0.118. The molecule has 3 aromatic rings. The summed E-state index contributed by atoms with van der Waals surface area (Å²) in [6, 6.07) is 15.9. The first-order valence-electron chi connectivity index (χ1n) is 9.96. The van der Waals surface area contributed by atoms with Crippen molar-refractivity contribution >= 4 is 17.9 Å². The van der Waals surface area contributed by atoms with Crippen molar-refractivity contribution < 1.29 is 18.7 Å². The molecule has 2 amide bonds. The quantitative estimate of drug-likeness (QED) is 0.552. The largest absolute Gasteiger partial charge is 0.497 e. The Balaban J connectivity index is 1.80. The van der Waals surface area contributed by atoms with E-state index in [9.17, 15) is 9.59 Å². The van der Waals surface area contributed by atoms with Crippen molar-refractivity contribution in [2.45, 2.75) is 26.8 Å². The molecule has 0 unspecified atom stereocenters. The summed E-state index contributed by atoms with van der Waals surface area (Å²) in [5.74, 6) is 0.278. The van der Waals surface area contributed by atoms with E-state index in [2.05, 4.69) is 10.6 Å². The highest BCUT2D eigenvalue weighted by Gasteiger charge is 2.18. The number of carbonyl (C=O) groups excluding carboxylic acids is 2. The second-order valence-electron chi connectivity index (χ2n) is 7.29. The maximum atomic E-state index is 13.0. The molecular weight excluding hydrogens is 392 g/mol. The summed E-state index contributed by atoms with van der Waals surface area (Å²) in [6.07, 6.45) is 3.01. The highest BCUT2D eigenvalue weighted by atomic mass is 16.5. The summed E-state index contributed by atoms with van der Waals surface area (Å²) in [5.41, 5.74) is 3.81. The molecule has 3 rings (SSSR count). The number of amides is 2. The molecule has 0 bridgehead atoms. The lowest BCUT2D eigenvalue weighted by Gasteiger charge is -2.17. The van der Waals surface area contributed by atoms with Crippen LogP contribution in [-0.2, 0) is 4.79 Å². The Bertz CT molecular complexity index is 1080. The second kappa shape index (κ2) is 9.80. The van der Waals surface area contributed by atoms with E-state index in [0.717, 1.165) is 11.1 Å². The summed E-state index contributed by atoms with van der Waals surface area (Å²) >= 11 is 0. The number of carbonyl (C=O) groups is 2. The molecule has 1 heterocycles. The standard InChI is InChI=1S/C25H26N2O4/c1-16-7-8-20(14-17(16)2)18(3)26-25(29)23(15-22-6-5-13-31-22)27-24(28)19-9-11-21(30-4)12-10-19/h5-15,18H,1-4H3,(H,26,29)(H,27,28)/b23-15-/t18-/m1/s1. The van der Waals surface area contributed by atoms with Crippen LogP contribution in [0.1, 0.15) is 45.8 Å². The van der Waals surface area contributed by atoms with Crippen LogP contribution in [0.3, 0.4) is 0 Å². The third-order valence-corrected chi connectivity index (χ3v) is 5.05. The third-order valence-electron chi connectivity index (χ3n) is 5.05. The van der Waals surface area contributed by atoms with Gasteiger partial charge < -0.3 is 19.8 Å². The first-order valence-corrected chi connectivity index (χ1v) is 9.96. The Morgan fingerprint density at radius 3 is 2.39 bits per heavy atom. The number of nitrogens with one attached hydrogen (secondary N) is 2. The van der Waals surface area contributed by atoms with Crippen LogP contribution in [0.2, 0.25) is 0 Å². The number of methoxy groups -OCH3 is 1. The molecule has 31 heavy (non-hydrogen) atoms. The van der Waals surface area contributed by atoms with Crippen LogP contribution in [0.15, 0.2) is 71.0 Å². The van der Waals surface area contributed by atoms with E-state index in [-0.39, 0.29) is 11.7 Å². The predicted octanol–water partition coefficient (Wildman–Crippen LogP) is 4.55. The van der Waals surface area contributed by atoms with E-state index < -0.39 is 11.8 Å². The van der Waals surface area contributed by atoms with Crippen molar-refractivity contribution in [3.63, 3.8) is 0 Å². The Morgan fingerprint density at radius 1 is 1.03 bits per heavy atom. The SMILES string of the molecule is COc1ccc(C(=O)N/C(=C\c2ccco2)C(=O)N[C@H](C)c2ccc(C)c(C)c2)cc1. The van der Waals surface area contributed by atoms with Gasteiger partial charge in [0.2, 0.25) is 0 Å². The van der Waals surface area contributed by atoms with Gasteiger partial charge in [0.15, 0.2) is 0 Å². The summed E-state index contributed by atoms with van der Waals surface area (Å²) in [5, 5.41) is 5.64. The minimum atomic E-state index is -0.413. The number of ether oxygens (including phenoxy) is 1. The van der Waals surface area contributed by atoms with E-state index in [4.69, 9.17) is 9.15 Å². The molecular formula is C25H26N2O4. The van der Waals surface area contributed by atoms with E-state index >= 15 is 0 Å². The monoisotopic (exact) mass is 418 g/mol. The molecule has 6 nitrogen and oxygen atoms in total. The van der Waals surface area contributed by atoms with Gasteiger partial charge in [-0.15, -0.1) is 0 Å². The molecule has 0 fully saturated rings. The van der Waals surface area contributed by atoms with E-state index in [1.165, 1.54) is 17.9 Å². The highest BCUT2D eigenvalue weighted by molar-refractivity contribution is 6.05. The normalized spacial score (nSPS) is 12.2. The molecule has 6 heteroatoms. The van der Waals surface area contributed by atoms with Gasteiger partial charge in [-0.25, -0.2) is 0 Å². The first kappa shape index (κ1) is 21.9. The van der Waals surface area contributed by atoms with Crippen molar-refractivity contribution in [3.05, 3.63) is 94.6 Å². The molecule has 0 spiro atoms. The van der Waals surface area contributed by atoms with E-state index in [1.54, 1.807) is 43.5 Å². The van der Waals surface area contributed by atoms with Crippen molar-refractivity contribution in [2.75, 3.05) is 7.11 Å². The van der Waals surface area contributed by atoms with E-state index in [0.29, 0.717) is 17.1 Å². The summed E-state index contributed by atoms with van der Waals surface area (Å²) in [4.78, 5) is 25.7. The predicted molar refractivity (Wildman–Crippen MR) is 120 cm³/mol. The summed E-state index contributed by atoms with van der Waals surface area (Å²) in [7, 11) is 1.56. The Kier molecular flexibility index (Phi) is 6.92. The number of aryl methyl sites for hydroxylation is 2. The summed E-state index contributed by atoms with van der Waals surface area (Å²) in [6.45, 7) is 5.98. The van der Waals surface area contributed by atoms with Crippen molar-refractivity contribution in [3.8, 4) is 5.75 Å². The summed E-state index contributed by atoms with van der Waals surface area (Å²) < 4.78 is 10.4. The fourth-order valence-corrected chi connectivity index (χ4v) is 3.00. The van der Waals surface area contributed by atoms with Crippen molar-refractivity contribution in [1.29, 1.82) is 0 Å². The van der Waals surface area contributed by atoms with Crippen LogP contribution in [0.25, 0.3) is 6.08 Å². The van der Waals surface area contributed by atoms with Gasteiger partial charge in [0.25, 0.3) is 11.8 Å². The molecule has 160 valence electrons. The van der Waals surface area contributed by atoms with Crippen molar-refractivity contribution in [2.24, 2.45) is 0 Å². The zero-order valence-electron chi connectivity index (χ0n) is 18.1. The minimum Gasteiger partial charge on any atom is -0.497 e. The van der Waals surface area contributed by atoms with Crippen LogP contribution in [0.4, 0.5) is 0 Å². The number of benzene rings is 2. The molecule has 0 aliphatic rings. The van der Waals surface area contributed by atoms with Crippen LogP contribution >= 0.6 is 0 Å². The van der Waals surface area contributed by atoms with Crippen LogP contribution < -0.4 is 15.4 Å². The average Bonchev–Trinajstić information content (AvgIpc) is 3.28. The van der Waals surface area contributed by atoms with Gasteiger partial charge in [-0.2, -0.15) is 0 Å². The molecule has 2 N–H and O–H groups in total. The fourth-order valence-electron chi connectivity index (χ4n) is 3.00. The highest BCUT2D eigenvalue weighted by Crippen LogP contribution is 2.18. The van der Waals surface area contributed by atoms with Gasteiger partial charge in [-0.3, -0.25) is 9.59 Å². The van der Waals surface area contributed by atoms with Gasteiger partial charge >= 0.3 is 0 Å². The third kappa shape index (κ3) is 5.63. The number of furan rings is 1. The zero-order chi connectivity index (χ0) is 22.4.